The first kappa shape index (κ1) is 28.8. The van der Waals surface area contributed by atoms with Crippen molar-refractivity contribution < 1.29 is 0 Å². The van der Waals surface area contributed by atoms with Crippen LogP contribution in [-0.2, 0) is 0 Å². The molecule has 0 atom stereocenters. The van der Waals surface area contributed by atoms with Crippen molar-refractivity contribution in [2.24, 2.45) is 0 Å². The minimum atomic E-state index is 1.12. The molecule has 0 aliphatic rings. The zero-order valence-corrected chi connectivity index (χ0v) is 28.1. The molecule has 2 heteroatoms. The number of fused-ring (bicyclic) bond motifs is 7. The van der Waals surface area contributed by atoms with E-state index in [0.717, 1.165) is 11.4 Å². The highest BCUT2D eigenvalue weighted by molar-refractivity contribution is 7.26. The zero-order valence-electron chi connectivity index (χ0n) is 27.3. The van der Waals surface area contributed by atoms with Crippen molar-refractivity contribution in [1.82, 2.24) is 0 Å². The second-order valence-corrected chi connectivity index (χ2v) is 14.0. The molecular formula is C48H31NS. The third kappa shape index (κ3) is 4.76. The number of rotatable bonds is 5. The maximum absolute atomic E-state index is 2.44. The Morgan fingerprint density at radius 2 is 0.980 bits per heavy atom. The summed E-state index contributed by atoms with van der Waals surface area (Å²) in [5.41, 5.74) is 8.29. The molecule has 0 spiro atoms. The van der Waals surface area contributed by atoms with Crippen LogP contribution in [0.1, 0.15) is 0 Å². The van der Waals surface area contributed by atoms with Crippen molar-refractivity contribution in [3.63, 3.8) is 0 Å². The van der Waals surface area contributed by atoms with Gasteiger partial charge in [-0.1, -0.05) is 140 Å². The SMILES string of the molecule is c1cc(-c2cccc3ccccc23)cc(N(c2ccc(-c3ccc4c(ccc5ccccc54)c3)cc2)c2cccc3sc4ccccc4c23)c1. The van der Waals surface area contributed by atoms with Crippen molar-refractivity contribution in [3.05, 3.63) is 188 Å². The Morgan fingerprint density at radius 3 is 1.86 bits per heavy atom. The lowest BCUT2D eigenvalue weighted by Gasteiger charge is -2.27. The summed E-state index contributed by atoms with van der Waals surface area (Å²) in [6.07, 6.45) is 0. The van der Waals surface area contributed by atoms with Gasteiger partial charge in [-0.2, -0.15) is 0 Å². The monoisotopic (exact) mass is 653 g/mol. The van der Waals surface area contributed by atoms with E-state index in [1.54, 1.807) is 0 Å². The fourth-order valence-electron chi connectivity index (χ4n) is 7.65. The van der Waals surface area contributed by atoms with Gasteiger partial charge >= 0.3 is 0 Å². The van der Waals surface area contributed by atoms with Crippen LogP contribution in [0.25, 0.3) is 74.7 Å². The topological polar surface area (TPSA) is 3.24 Å². The van der Waals surface area contributed by atoms with Crippen LogP contribution in [0.5, 0.6) is 0 Å². The van der Waals surface area contributed by atoms with E-state index in [1.807, 2.05) is 11.3 Å². The number of benzene rings is 9. The second kappa shape index (κ2) is 11.7. The molecule has 0 unspecified atom stereocenters. The molecule has 0 amide bonds. The Balaban J connectivity index is 1.13. The summed E-state index contributed by atoms with van der Waals surface area (Å²) in [6, 6.07) is 68.8. The molecule has 0 fully saturated rings. The van der Waals surface area contributed by atoms with E-state index in [1.165, 1.54) is 80.4 Å². The summed E-state index contributed by atoms with van der Waals surface area (Å²) < 4.78 is 2.60. The molecule has 9 aromatic carbocycles. The molecule has 0 radical (unpaired) electrons. The lowest BCUT2D eigenvalue weighted by molar-refractivity contribution is 1.30. The minimum Gasteiger partial charge on any atom is -0.310 e. The van der Waals surface area contributed by atoms with Gasteiger partial charge in [0.1, 0.15) is 0 Å². The molecule has 10 aromatic rings. The molecule has 0 aliphatic heterocycles. The first-order valence-electron chi connectivity index (χ1n) is 17.1. The van der Waals surface area contributed by atoms with E-state index in [4.69, 9.17) is 0 Å². The first-order chi connectivity index (χ1) is 24.8. The average Bonchev–Trinajstić information content (AvgIpc) is 3.57. The van der Waals surface area contributed by atoms with Crippen LogP contribution in [0.2, 0.25) is 0 Å². The fraction of sp³-hybridized carbons (Fsp3) is 0. The number of nitrogens with zero attached hydrogens (tertiary/aromatic N) is 1. The van der Waals surface area contributed by atoms with E-state index in [0.29, 0.717) is 0 Å². The van der Waals surface area contributed by atoms with Crippen LogP contribution in [0.15, 0.2) is 188 Å². The van der Waals surface area contributed by atoms with Gasteiger partial charge in [-0.05, 0) is 103 Å². The van der Waals surface area contributed by atoms with Crippen molar-refractivity contribution in [2.75, 3.05) is 4.90 Å². The van der Waals surface area contributed by atoms with Crippen LogP contribution in [0.4, 0.5) is 17.1 Å². The summed E-state index contributed by atoms with van der Waals surface area (Å²) in [4.78, 5) is 2.44. The zero-order chi connectivity index (χ0) is 33.0. The Labute approximate surface area is 294 Å². The highest BCUT2D eigenvalue weighted by Crippen LogP contribution is 2.46. The molecule has 0 bridgehead atoms. The molecule has 0 aliphatic carbocycles. The summed E-state index contributed by atoms with van der Waals surface area (Å²) in [7, 11) is 0. The smallest absolute Gasteiger partial charge is 0.0554 e. The molecule has 10 rings (SSSR count). The van der Waals surface area contributed by atoms with E-state index < -0.39 is 0 Å². The van der Waals surface area contributed by atoms with Gasteiger partial charge < -0.3 is 4.90 Å². The maximum atomic E-state index is 2.44. The molecule has 0 saturated carbocycles. The van der Waals surface area contributed by atoms with E-state index in [9.17, 15) is 0 Å². The molecule has 0 N–H and O–H groups in total. The summed E-state index contributed by atoms with van der Waals surface area (Å²) >= 11 is 1.86. The van der Waals surface area contributed by atoms with Gasteiger partial charge in [-0.15, -0.1) is 11.3 Å². The Kier molecular flexibility index (Phi) is 6.75. The lowest BCUT2D eigenvalue weighted by Crippen LogP contribution is -2.10. The highest BCUT2D eigenvalue weighted by atomic mass is 32.1. The maximum Gasteiger partial charge on any atom is 0.0554 e. The van der Waals surface area contributed by atoms with Gasteiger partial charge in [0.25, 0.3) is 0 Å². The quantitative estimate of drug-likeness (QED) is 0.167. The third-order valence-corrected chi connectivity index (χ3v) is 11.2. The van der Waals surface area contributed by atoms with Gasteiger partial charge in [0.05, 0.1) is 5.69 Å². The highest BCUT2D eigenvalue weighted by Gasteiger charge is 2.19. The number of thiophene rings is 1. The van der Waals surface area contributed by atoms with Crippen LogP contribution in [0, 0.1) is 0 Å². The van der Waals surface area contributed by atoms with Crippen molar-refractivity contribution in [2.45, 2.75) is 0 Å². The number of hydrogen-bond acceptors (Lipinski definition) is 2. The van der Waals surface area contributed by atoms with Crippen LogP contribution < -0.4 is 4.90 Å². The number of hydrogen-bond donors (Lipinski definition) is 0. The second-order valence-electron chi connectivity index (χ2n) is 12.9. The Hall–Kier alpha value is -6.22. The Bertz CT molecular complexity index is 2870. The van der Waals surface area contributed by atoms with Gasteiger partial charge in [0, 0.05) is 31.5 Å². The molecule has 1 aromatic heterocycles. The van der Waals surface area contributed by atoms with E-state index in [-0.39, 0.29) is 0 Å². The van der Waals surface area contributed by atoms with Crippen LogP contribution in [-0.4, -0.2) is 0 Å². The van der Waals surface area contributed by atoms with Crippen molar-refractivity contribution >= 4 is 80.9 Å². The lowest BCUT2D eigenvalue weighted by atomic mass is 9.97. The first-order valence-corrected chi connectivity index (χ1v) is 17.9. The average molecular weight is 654 g/mol. The molecule has 0 saturated heterocycles. The standard InChI is InChI=1S/C48H31NS/c1-3-15-40-33(10-1)12-8-18-42(40)36-13-7-14-39(31-36)49(45-19-9-21-47-48(45)44-17-5-6-20-46(44)50-47)38-27-24-32(25-28-38)35-26-29-43-37(30-35)23-22-34-11-2-4-16-41(34)43/h1-31H. The van der Waals surface area contributed by atoms with Gasteiger partial charge in [-0.3, -0.25) is 0 Å². The summed E-state index contributed by atoms with van der Waals surface area (Å²) in [6.45, 7) is 0. The summed E-state index contributed by atoms with van der Waals surface area (Å²) in [5, 5.41) is 10.2. The fourth-order valence-corrected chi connectivity index (χ4v) is 8.78. The van der Waals surface area contributed by atoms with Crippen LogP contribution >= 0.6 is 11.3 Å². The number of anilines is 3. The van der Waals surface area contributed by atoms with Gasteiger partial charge in [0.2, 0.25) is 0 Å². The van der Waals surface area contributed by atoms with Crippen molar-refractivity contribution in [1.29, 1.82) is 0 Å². The molecule has 50 heavy (non-hydrogen) atoms. The van der Waals surface area contributed by atoms with Crippen LogP contribution in [0.3, 0.4) is 0 Å². The van der Waals surface area contributed by atoms with E-state index >= 15 is 0 Å². The normalized spacial score (nSPS) is 11.6. The molecule has 1 nitrogen and oxygen atoms in total. The van der Waals surface area contributed by atoms with Gasteiger partial charge in [0.15, 0.2) is 0 Å². The van der Waals surface area contributed by atoms with Crippen molar-refractivity contribution in [3.8, 4) is 22.3 Å². The third-order valence-electron chi connectivity index (χ3n) is 10.0. The molecule has 1 heterocycles. The predicted octanol–water partition coefficient (Wildman–Crippen LogP) is 14.3. The van der Waals surface area contributed by atoms with Gasteiger partial charge in [-0.25, -0.2) is 0 Å². The minimum absolute atomic E-state index is 1.12. The largest absolute Gasteiger partial charge is 0.310 e. The van der Waals surface area contributed by atoms with E-state index in [2.05, 4.69) is 193 Å². The molecule has 234 valence electrons. The Morgan fingerprint density at radius 1 is 0.340 bits per heavy atom. The summed E-state index contributed by atoms with van der Waals surface area (Å²) in [5.74, 6) is 0. The molecular weight excluding hydrogens is 623 g/mol. The predicted molar refractivity (Wildman–Crippen MR) is 217 cm³/mol.